The molecule has 0 aromatic carbocycles. The predicted molar refractivity (Wildman–Crippen MR) is 63.3 cm³/mol. The molecule has 2 fully saturated rings. The molecule has 14 heavy (non-hydrogen) atoms. The maximum Gasteiger partial charge on any atom is 0.0740 e. The van der Waals surface area contributed by atoms with Gasteiger partial charge >= 0.3 is 0 Å². The Balaban J connectivity index is 1.68. The fraction of sp³-hybridized carbons (Fsp3) is 0.909. The Morgan fingerprint density at radius 1 is 1.14 bits per heavy atom. The first-order valence-corrected chi connectivity index (χ1v) is 6.15. The van der Waals surface area contributed by atoms with Crippen LogP contribution in [-0.2, 0) is 0 Å². The molecular formula is C11H20N2S. The predicted octanol–water partition coefficient (Wildman–Crippen LogP) is 1.78. The highest BCUT2D eigenvalue weighted by molar-refractivity contribution is 7.80. The van der Waals surface area contributed by atoms with E-state index in [2.05, 4.69) is 4.90 Å². The lowest BCUT2D eigenvalue weighted by Gasteiger charge is -2.21. The Kier molecular flexibility index (Phi) is 3.39. The first-order chi connectivity index (χ1) is 6.74. The van der Waals surface area contributed by atoms with Gasteiger partial charge in [0, 0.05) is 26.1 Å². The standard InChI is InChI=1S/C11H20N2S/c12-11(14)5-6-13(7-9-1-2-9)8-10-3-4-10/h9-10H,1-8H2,(H2,12,14). The van der Waals surface area contributed by atoms with Crippen LogP contribution < -0.4 is 5.73 Å². The monoisotopic (exact) mass is 212 g/mol. The summed E-state index contributed by atoms with van der Waals surface area (Å²) < 4.78 is 0. The Bertz CT molecular complexity index is 195. The van der Waals surface area contributed by atoms with Crippen LogP contribution in [0.4, 0.5) is 0 Å². The van der Waals surface area contributed by atoms with Crippen LogP contribution in [0.5, 0.6) is 0 Å². The van der Waals surface area contributed by atoms with Gasteiger partial charge in [-0.1, -0.05) is 12.2 Å². The van der Waals surface area contributed by atoms with Gasteiger partial charge in [-0.25, -0.2) is 0 Å². The summed E-state index contributed by atoms with van der Waals surface area (Å²) in [5.74, 6) is 1.97. The van der Waals surface area contributed by atoms with Gasteiger partial charge in [-0.3, -0.25) is 0 Å². The molecule has 0 aliphatic heterocycles. The zero-order chi connectivity index (χ0) is 9.97. The van der Waals surface area contributed by atoms with Crippen LogP contribution in [0.2, 0.25) is 0 Å². The molecule has 0 bridgehead atoms. The molecule has 2 rings (SSSR count). The highest BCUT2D eigenvalue weighted by Gasteiger charge is 2.28. The van der Waals surface area contributed by atoms with Gasteiger partial charge in [-0.2, -0.15) is 0 Å². The molecule has 2 saturated carbocycles. The van der Waals surface area contributed by atoms with E-state index in [4.69, 9.17) is 18.0 Å². The minimum atomic E-state index is 0.668. The third-order valence-corrected chi connectivity index (χ3v) is 3.31. The molecule has 0 unspecified atom stereocenters. The van der Waals surface area contributed by atoms with Crippen LogP contribution in [0, 0.1) is 11.8 Å². The maximum absolute atomic E-state index is 5.54. The summed E-state index contributed by atoms with van der Waals surface area (Å²) in [4.78, 5) is 3.25. The molecule has 2 N–H and O–H groups in total. The molecular weight excluding hydrogens is 192 g/mol. The minimum Gasteiger partial charge on any atom is -0.393 e. The molecule has 0 radical (unpaired) electrons. The molecule has 2 nitrogen and oxygen atoms in total. The maximum atomic E-state index is 5.54. The smallest absolute Gasteiger partial charge is 0.0740 e. The van der Waals surface area contributed by atoms with Gasteiger partial charge in [0.1, 0.15) is 0 Å². The van der Waals surface area contributed by atoms with Gasteiger partial charge in [-0.05, 0) is 37.5 Å². The highest BCUT2D eigenvalue weighted by atomic mass is 32.1. The van der Waals surface area contributed by atoms with Gasteiger partial charge in [0.05, 0.1) is 4.99 Å². The van der Waals surface area contributed by atoms with Gasteiger partial charge in [0.25, 0.3) is 0 Å². The molecule has 80 valence electrons. The van der Waals surface area contributed by atoms with Crippen LogP contribution >= 0.6 is 12.2 Å². The van der Waals surface area contributed by atoms with Crippen molar-refractivity contribution in [2.24, 2.45) is 17.6 Å². The van der Waals surface area contributed by atoms with Gasteiger partial charge < -0.3 is 10.6 Å². The van der Waals surface area contributed by atoms with E-state index in [-0.39, 0.29) is 0 Å². The molecule has 0 spiro atoms. The van der Waals surface area contributed by atoms with E-state index in [1.807, 2.05) is 0 Å². The Morgan fingerprint density at radius 3 is 2.00 bits per heavy atom. The van der Waals surface area contributed by atoms with Crippen molar-refractivity contribution in [1.29, 1.82) is 0 Å². The van der Waals surface area contributed by atoms with Crippen molar-refractivity contribution in [2.45, 2.75) is 32.1 Å². The van der Waals surface area contributed by atoms with E-state index in [1.165, 1.54) is 38.8 Å². The van der Waals surface area contributed by atoms with Crippen LogP contribution in [-0.4, -0.2) is 29.5 Å². The number of hydrogen-bond donors (Lipinski definition) is 1. The quantitative estimate of drug-likeness (QED) is 0.652. The summed E-state index contributed by atoms with van der Waals surface area (Å²) in [6.07, 6.45) is 6.65. The molecule has 0 atom stereocenters. The van der Waals surface area contributed by atoms with Crippen molar-refractivity contribution < 1.29 is 0 Å². The van der Waals surface area contributed by atoms with E-state index in [0.717, 1.165) is 24.8 Å². The second kappa shape index (κ2) is 4.58. The van der Waals surface area contributed by atoms with E-state index >= 15 is 0 Å². The van der Waals surface area contributed by atoms with Crippen molar-refractivity contribution in [3.8, 4) is 0 Å². The third kappa shape index (κ3) is 3.93. The van der Waals surface area contributed by atoms with Gasteiger partial charge in [0.15, 0.2) is 0 Å². The lowest BCUT2D eigenvalue weighted by Crippen LogP contribution is -2.31. The molecule has 0 aromatic rings. The van der Waals surface area contributed by atoms with Crippen LogP contribution in [0.1, 0.15) is 32.1 Å². The van der Waals surface area contributed by atoms with E-state index in [9.17, 15) is 0 Å². The fourth-order valence-electron chi connectivity index (χ4n) is 1.86. The molecule has 0 amide bonds. The van der Waals surface area contributed by atoms with Crippen LogP contribution in [0.3, 0.4) is 0 Å². The van der Waals surface area contributed by atoms with Crippen LogP contribution in [0.15, 0.2) is 0 Å². The summed E-state index contributed by atoms with van der Waals surface area (Å²) in [5, 5.41) is 0. The normalized spacial score (nSPS) is 21.5. The number of nitrogens with two attached hydrogens (primary N) is 1. The largest absolute Gasteiger partial charge is 0.393 e. The Hall–Kier alpha value is -0.150. The Morgan fingerprint density at radius 2 is 1.64 bits per heavy atom. The topological polar surface area (TPSA) is 29.3 Å². The van der Waals surface area contributed by atoms with E-state index < -0.39 is 0 Å². The molecule has 0 heterocycles. The zero-order valence-corrected chi connectivity index (χ0v) is 9.56. The van der Waals surface area contributed by atoms with Crippen molar-refractivity contribution >= 4 is 17.2 Å². The second-order valence-electron chi connectivity index (χ2n) is 4.86. The van der Waals surface area contributed by atoms with Crippen molar-refractivity contribution in [3.63, 3.8) is 0 Å². The number of thiocarbonyl (C=S) groups is 1. The van der Waals surface area contributed by atoms with Gasteiger partial charge in [-0.15, -0.1) is 0 Å². The number of rotatable bonds is 7. The highest BCUT2D eigenvalue weighted by Crippen LogP contribution is 2.33. The zero-order valence-electron chi connectivity index (χ0n) is 8.74. The van der Waals surface area contributed by atoms with Crippen LogP contribution in [0.25, 0.3) is 0 Å². The van der Waals surface area contributed by atoms with Gasteiger partial charge in [0.2, 0.25) is 0 Å². The molecule has 2 aliphatic carbocycles. The SMILES string of the molecule is NC(=S)CCN(CC1CC1)CC1CC1. The summed E-state index contributed by atoms with van der Waals surface area (Å²) in [6.45, 7) is 3.67. The minimum absolute atomic E-state index is 0.668. The number of nitrogens with zero attached hydrogens (tertiary/aromatic N) is 1. The van der Waals surface area contributed by atoms with Crippen molar-refractivity contribution in [1.82, 2.24) is 4.90 Å². The van der Waals surface area contributed by atoms with E-state index in [1.54, 1.807) is 0 Å². The third-order valence-electron chi connectivity index (χ3n) is 3.10. The molecule has 0 saturated heterocycles. The second-order valence-corrected chi connectivity index (χ2v) is 5.39. The summed E-state index contributed by atoms with van der Waals surface area (Å²) in [7, 11) is 0. The average molecular weight is 212 g/mol. The fourth-order valence-corrected chi connectivity index (χ4v) is 1.95. The lowest BCUT2D eigenvalue weighted by molar-refractivity contribution is 0.260. The lowest BCUT2D eigenvalue weighted by atomic mass is 10.3. The van der Waals surface area contributed by atoms with E-state index in [0.29, 0.717) is 4.99 Å². The molecule has 2 aliphatic rings. The first-order valence-electron chi connectivity index (χ1n) is 5.74. The first kappa shape index (κ1) is 10.4. The average Bonchev–Trinajstić information content (AvgIpc) is 2.93. The summed E-state index contributed by atoms with van der Waals surface area (Å²) >= 11 is 4.92. The molecule has 0 aromatic heterocycles. The summed E-state index contributed by atoms with van der Waals surface area (Å²) in [6, 6.07) is 0. The molecule has 3 heteroatoms. The summed E-state index contributed by atoms with van der Waals surface area (Å²) in [5.41, 5.74) is 5.54. The van der Waals surface area contributed by atoms with Crippen molar-refractivity contribution in [3.05, 3.63) is 0 Å². The number of hydrogen-bond acceptors (Lipinski definition) is 2. The Labute approximate surface area is 91.8 Å². The van der Waals surface area contributed by atoms with Crippen molar-refractivity contribution in [2.75, 3.05) is 19.6 Å².